The highest BCUT2D eigenvalue weighted by molar-refractivity contribution is 5.83. The van der Waals surface area contributed by atoms with Crippen LogP contribution in [0.25, 0.3) is 0 Å². The minimum absolute atomic E-state index is 0.0617. The summed E-state index contributed by atoms with van der Waals surface area (Å²) in [6, 6.07) is 0. The molecule has 0 spiro atoms. The largest absolute Gasteiger partial charge is 0.355 e. The topological polar surface area (TPSA) is 78.7 Å². The lowest BCUT2D eigenvalue weighted by molar-refractivity contribution is -0.132. The van der Waals surface area contributed by atoms with E-state index in [4.69, 9.17) is 5.73 Å². The van der Waals surface area contributed by atoms with Gasteiger partial charge in [0.05, 0.1) is 13.1 Å². The van der Waals surface area contributed by atoms with Crippen molar-refractivity contribution in [2.75, 3.05) is 46.3 Å². The van der Waals surface area contributed by atoms with Crippen LogP contribution in [-0.4, -0.2) is 67.9 Å². The van der Waals surface area contributed by atoms with Gasteiger partial charge in [-0.05, 0) is 25.9 Å². The summed E-state index contributed by atoms with van der Waals surface area (Å²) in [4.78, 5) is 27.1. The van der Waals surface area contributed by atoms with Gasteiger partial charge >= 0.3 is 0 Å². The molecule has 2 amide bonds. The van der Waals surface area contributed by atoms with E-state index < -0.39 is 0 Å². The van der Waals surface area contributed by atoms with E-state index in [0.29, 0.717) is 19.6 Å². The number of carbonyl (C=O) groups is 2. The lowest BCUT2D eigenvalue weighted by Crippen LogP contribution is -2.32. The smallest absolute Gasteiger partial charge is 0.223 e. The molecule has 1 saturated heterocycles. The van der Waals surface area contributed by atoms with Crippen molar-refractivity contribution in [3.05, 3.63) is 0 Å². The van der Waals surface area contributed by atoms with Gasteiger partial charge in [-0.25, -0.2) is 0 Å². The number of rotatable bonds is 7. The highest BCUT2D eigenvalue weighted by Crippen LogP contribution is 2.05. The monoisotopic (exact) mass is 294 g/mol. The average Bonchev–Trinajstić information content (AvgIpc) is 3.00. The fraction of sp³-hybridized carbons (Fsp3) is 0.733. The van der Waals surface area contributed by atoms with Crippen molar-refractivity contribution in [2.24, 2.45) is 5.73 Å². The number of nitrogens with zero attached hydrogens (tertiary/aromatic N) is 2. The molecule has 21 heavy (non-hydrogen) atoms. The summed E-state index contributed by atoms with van der Waals surface area (Å²) in [5.74, 6) is 5.91. The first-order valence-corrected chi connectivity index (χ1v) is 7.52. The van der Waals surface area contributed by atoms with Crippen LogP contribution in [0.4, 0.5) is 0 Å². The molecule has 3 N–H and O–H groups in total. The molecule has 0 aromatic heterocycles. The van der Waals surface area contributed by atoms with E-state index >= 15 is 0 Å². The number of hydrogen-bond donors (Lipinski definition) is 2. The predicted octanol–water partition coefficient (Wildman–Crippen LogP) is -0.601. The van der Waals surface area contributed by atoms with Crippen LogP contribution in [0.2, 0.25) is 0 Å². The van der Waals surface area contributed by atoms with Crippen LogP contribution in [0.1, 0.15) is 25.7 Å². The van der Waals surface area contributed by atoms with E-state index in [2.05, 4.69) is 22.1 Å². The van der Waals surface area contributed by atoms with Gasteiger partial charge in [-0.3, -0.25) is 14.5 Å². The van der Waals surface area contributed by atoms with Crippen molar-refractivity contribution in [1.82, 2.24) is 15.1 Å². The Morgan fingerprint density at radius 2 is 1.95 bits per heavy atom. The highest BCUT2D eigenvalue weighted by Gasteiger charge is 2.11. The lowest BCUT2D eigenvalue weighted by atomic mass is 10.2. The maximum absolute atomic E-state index is 11.8. The molecule has 1 fully saturated rings. The van der Waals surface area contributed by atoms with Crippen molar-refractivity contribution < 1.29 is 9.59 Å². The molecule has 1 aliphatic heterocycles. The maximum atomic E-state index is 11.8. The molecule has 0 aromatic rings. The normalized spacial score (nSPS) is 14.4. The highest BCUT2D eigenvalue weighted by atomic mass is 16.2. The van der Waals surface area contributed by atoms with Gasteiger partial charge in [0, 0.05) is 33.0 Å². The molecule has 1 heterocycles. The second-order valence-corrected chi connectivity index (χ2v) is 5.23. The fourth-order valence-electron chi connectivity index (χ4n) is 2.08. The number of nitrogens with two attached hydrogens (primary N) is 1. The van der Waals surface area contributed by atoms with E-state index in [1.807, 2.05) is 0 Å². The van der Waals surface area contributed by atoms with Crippen molar-refractivity contribution in [3.8, 4) is 11.8 Å². The minimum atomic E-state index is -0.137. The summed E-state index contributed by atoms with van der Waals surface area (Å²) in [6.45, 7) is 4.31. The third-order valence-corrected chi connectivity index (χ3v) is 3.40. The zero-order chi connectivity index (χ0) is 15.5. The first kappa shape index (κ1) is 17.5. The molecular formula is C15H26N4O2. The second kappa shape index (κ2) is 10.2. The van der Waals surface area contributed by atoms with Gasteiger partial charge in [-0.15, -0.1) is 0 Å². The molecule has 1 aliphatic rings. The van der Waals surface area contributed by atoms with Gasteiger partial charge in [0.1, 0.15) is 0 Å². The number of likely N-dealkylation sites (tertiary alicyclic amines) is 1. The van der Waals surface area contributed by atoms with Crippen LogP contribution in [0.5, 0.6) is 0 Å². The first-order chi connectivity index (χ1) is 10.1. The quantitative estimate of drug-likeness (QED) is 0.615. The van der Waals surface area contributed by atoms with Crippen molar-refractivity contribution in [1.29, 1.82) is 0 Å². The average molecular weight is 294 g/mol. The standard InChI is InChI=1S/C15H26N4O2/c1-18(10-2-3-11-19-12-4-5-13-19)15(21)7-6-14(20)17-9-8-16/h4-13,16H2,1H3,(H,17,20). The predicted molar refractivity (Wildman–Crippen MR) is 82.4 cm³/mol. The summed E-state index contributed by atoms with van der Waals surface area (Å²) in [5, 5.41) is 2.64. The summed E-state index contributed by atoms with van der Waals surface area (Å²) in [7, 11) is 1.71. The fourth-order valence-corrected chi connectivity index (χ4v) is 2.08. The first-order valence-electron chi connectivity index (χ1n) is 7.52. The number of amides is 2. The summed E-state index contributed by atoms with van der Waals surface area (Å²) >= 11 is 0. The number of carbonyl (C=O) groups excluding carboxylic acids is 2. The minimum Gasteiger partial charge on any atom is -0.355 e. The van der Waals surface area contributed by atoms with Crippen molar-refractivity contribution in [2.45, 2.75) is 25.7 Å². The van der Waals surface area contributed by atoms with Gasteiger partial charge in [0.2, 0.25) is 11.8 Å². The summed E-state index contributed by atoms with van der Waals surface area (Å²) in [5.41, 5.74) is 5.29. The molecule has 0 saturated carbocycles. The molecule has 0 aromatic carbocycles. The molecule has 0 atom stereocenters. The van der Waals surface area contributed by atoms with Crippen LogP contribution in [0.15, 0.2) is 0 Å². The van der Waals surface area contributed by atoms with Gasteiger partial charge in [-0.1, -0.05) is 11.8 Å². The summed E-state index contributed by atoms with van der Waals surface area (Å²) < 4.78 is 0. The molecule has 1 rings (SSSR count). The Labute approximate surface area is 127 Å². The SMILES string of the molecule is CN(CC#CCN1CCCC1)C(=O)CCC(=O)NCCN. The summed E-state index contributed by atoms with van der Waals surface area (Å²) in [6.07, 6.45) is 2.92. The number of nitrogens with one attached hydrogen (secondary N) is 1. The van der Waals surface area contributed by atoms with Gasteiger partial charge in [0.25, 0.3) is 0 Å². The van der Waals surface area contributed by atoms with E-state index in [9.17, 15) is 9.59 Å². The van der Waals surface area contributed by atoms with E-state index in [0.717, 1.165) is 19.6 Å². The Hall–Kier alpha value is -1.58. The van der Waals surface area contributed by atoms with Gasteiger partial charge in [0.15, 0.2) is 0 Å². The molecular weight excluding hydrogens is 268 g/mol. The zero-order valence-corrected chi connectivity index (χ0v) is 12.9. The van der Waals surface area contributed by atoms with Gasteiger partial charge < -0.3 is 16.0 Å². The Morgan fingerprint density at radius 1 is 1.24 bits per heavy atom. The molecule has 6 heteroatoms. The van der Waals surface area contributed by atoms with Crippen LogP contribution < -0.4 is 11.1 Å². The molecule has 0 aliphatic carbocycles. The van der Waals surface area contributed by atoms with E-state index in [1.165, 1.54) is 12.8 Å². The second-order valence-electron chi connectivity index (χ2n) is 5.23. The Bertz CT molecular complexity index is 394. The van der Waals surface area contributed by atoms with Gasteiger partial charge in [-0.2, -0.15) is 0 Å². The lowest BCUT2D eigenvalue weighted by Gasteiger charge is -2.14. The van der Waals surface area contributed by atoms with Crippen LogP contribution in [0, 0.1) is 11.8 Å². The number of hydrogen-bond acceptors (Lipinski definition) is 4. The third kappa shape index (κ3) is 7.69. The molecule has 118 valence electrons. The molecule has 0 bridgehead atoms. The zero-order valence-electron chi connectivity index (χ0n) is 12.9. The van der Waals surface area contributed by atoms with Crippen molar-refractivity contribution in [3.63, 3.8) is 0 Å². The Morgan fingerprint density at radius 3 is 2.62 bits per heavy atom. The van der Waals surface area contributed by atoms with E-state index in [-0.39, 0.29) is 24.7 Å². The Balaban J connectivity index is 2.15. The maximum Gasteiger partial charge on any atom is 0.223 e. The van der Waals surface area contributed by atoms with Crippen LogP contribution in [-0.2, 0) is 9.59 Å². The molecule has 0 radical (unpaired) electrons. The van der Waals surface area contributed by atoms with Crippen LogP contribution >= 0.6 is 0 Å². The van der Waals surface area contributed by atoms with E-state index in [1.54, 1.807) is 11.9 Å². The van der Waals surface area contributed by atoms with Crippen LogP contribution in [0.3, 0.4) is 0 Å². The van der Waals surface area contributed by atoms with Crippen molar-refractivity contribution >= 4 is 11.8 Å². The third-order valence-electron chi connectivity index (χ3n) is 3.40. The molecule has 0 unspecified atom stereocenters. The Kier molecular flexibility index (Phi) is 8.48. The molecule has 6 nitrogen and oxygen atoms in total.